The first kappa shape index (κ1) is 73.4. The first-order valence-electron chi connectivity index (χ1n) is 39.1. The molecule has 2 heterocycles. The zero-order valence-electron chi connectivity index (χ0n) is 64.5. The molecule has 0 unspecified atom stereocenters. The van der Waals surface area contributed by atoms with E-state index in [1.807, 2.05) is 0 Å². The molecule has 0 bridgehead atoms. The van der Waals surface area contributed by atoms with Crippen LogP contribution in [0.4, 0.5) is 68.2 Å². The van der Waals surface area contributed by atoms with Gasteiger partial charge in [-0.3, -0.25) is 0 Å². The largest absolute Gasteiger partial charge is 0.496 e. The minimum atomic E-state index is 0.699. The first-order chi connectivity index (χ1) is 57.4. The van der Waals surface area contributed by atoms with E-state index in [4.69, 9.17) is 9.47 Å². The van der Waals surface area contributed by atoms with Crippen molar-refractivity contribution in [3.8, 4) is 45.1 Å². The summed E-state index contributed by atoms with van der Waals surface area (Å²) in [5.41, 5.74) is 27.4. The van der Waals surface area contributed by atoms with Gasteiger partial charge in [0.05, 0.1) is 14.2 Å². The van der Waals surface area contributed by atoms with Gasteiger partial charge < -0.3 is 38.2 Å². The molecule has 0 aliphatic heterocycles. The number of anilines is 12. The number of rotatable bonds is 26. The maximum Gasteiger partial charge on any atom is 0.126 e. The van der Waals surface area contributed by atoms with E-state index in [1.54, 1.807) is 14.2 Å². The number of hydrogen-bond donors (Lipinski definition) is 0. The van der Waals surface area contributed by atoms with E-state index in [2.05, 4.69) is 502 Å². The standard InChI is InChI=1S/C108H84N6O2/c1-115-107-79-88(58-74-106-78-76-100(64-48-82-45-61-98(62-46-82)110(91-31-15-5-16-32-91)92-33-17-6-18-34-92)114(106)104-71-55-86(56-72-104)84-51-67-102(68-52-84)112(95-39-23-9-24-40-95)96-41-25-10-26-42-96)108(116-2)80-87(107)57-73-105-77-75-99(63-47-81-43-59-97(60-44-81)109(89-27-11-3-12-28-89)90-29-13-4-14-30-90)113(105)103-69-53-85(54-70-103)83-49-65-101(66-50-83)111(93-35-19-7-20-36-93)94-37-21-8-22-38-94/h3-80H,1-2H3/b63-47+,64-48+,73-57+,74-58+. The van der Waals surface area contributed by atoms with Crippen LogP contribution in [0, 0.1) is 0 Å². The topological polar surface area (TPSA) is 41.3 Å². The van der Waals surface area contributed by atoms with E-state index in [1.165, 1.54) is 0 Å². The Labute approximate surface area is 679 Å². The summed E-state index contributed by atoms with van der Waals surface area (Å²) in [6, 6.07) is 150. The summed E-state index contributed by atoms with van der Waals surface area (Å²) >= 11 is 0. The lowest BCUT2D eigenvalue weighted by atomic mass is 10.0. The van der Waals surface area contributed by atoms with Crippen LogP contribution in [0.5, 0.6) is 11.5 Å². The summed E-state index contributed by atoms with van der Waals surface area (Å²) in [7, 11) is 3.46. The molecule has 0 N–H and O–H groups in total. The molecule has 0 spiro atoms. The summed E-state index contributed by atoms with van der Waals surface area (Å²) in [6.07, 6.45) is 17.3. The highest BCUT2D eigenvalue weighted by Gasteiger charge is 2.19. The molecule has 8 nitrogen and oxygen atoms in total. The molecule has 116 heavy (non-hydrogen) atoms. The van der Waals surface area contributed by atoms with Crippen LogP contribution in [0.15, 0.2) is 425 Å². The average molecular weight is 1500 g/mol. The van der Waals surface area contributed by atoms with E-state index in [-0.39, 0.29) is 0 Å². The van der Waals surface area contributed by atoms with Crippen LogP contribution in [-0.4, -0.2) is 23.4 Å². The quantitative estimate of drug-likeness (QED) is 0.0538. The summed E-state index contributed by atoms with van der Waals surface area (Å²) < 4.78 is 17.2. The van der Waals surface area contributed by atoms with Crippen molar-refractivity contribution in [1.29, 1.82) is 0 Å². The molecule has 0 saturated heterocycles. The van der Waals surface area contributed by atoms with Gasteiger partial charge in [0.1, 0.15) is 11.5 Å². The van der Waals surface area contributed by atoms with Crippen LogP contribution in [0.25, 0.3) is 82.2 Å². The first-order valence-corrected chi connectivity index (χ1v) is 39.1. The number of hydrogen-bond acceptors (Lipinski definition) is 6. The third-order valence-corrected chi connectivity index (χ3v) is 20.8. The van der Waals surface area contributed by atoms with Crippen molar-refractivity contribution >= 4 is 117 Å². The monoisotopic (exact) mass is 1500 g/mol. The Morgan fingerprint density at radius 2 is 0.379 bits per heavy atom. The fourth-order valence-corrected chi connectivity index (χ4v) is 15.1. The number of methoxy groups -OCH3 is 2. The molecule has 0 aliphatic carbocycles. The zero-order chi connectivity index (χ0) is 78.2. The Balaban J connectivity index is 0.684. The highest BCUT2D eigenvalue weighted by atomic mass is 16.5. The van der Waals surface area contributed by atoms with Gasteiger partial charge in [0.25, 0.3) is 0 Å². The Bertz CT molecular complexity index is 5650. The van der Waals surface area contributed by atoms with Gasteiger partial charge >= 0.3 is 0 Å². The van der Waals surface area contributed by atoms with E-state index in [0.29, 0.717) is 11.5 Å². The molecule has 8 heteroatoms. The van der Waals surface area contributed by atoms with Gasteiger partial charge in [-0.25, -0.2) is 0 Å². The Morgan fingerprint density at radius 3 is 0.595 bits per heavy atom. The molecule has 2 aromatic heterocycles. The molecule has 0 saturated carbocycles. The molecule has 15 aromatic carbocycles. The second kappa shape index (κ2) is 34.9. The van der Waals surface area contributed by atoms with Crippen molar-refractivity contribution in [1.82, 2.24) is 9.13 Å². The smallest absolute Gasteiger partial charge is 0.126 e. The predicted octanol–water partition coefficient (Wildman–Crippen LogP) is 29.2. The van der Waals surface area contributed by atoms with Gasteiger partial charge in [0.15, 0.2) is 0 Å². The van der Waals surface area contributed by atoms with Gasteiger partial charge in [-0.2, -0.15) is 0 Å². The van der Waals surface area contributed by atoms with Crippen LogP contribution in [0.2, 0.25) is 0 Å². The number of nitrogens with zero attached hydrogens (tertiary/aromatic N) is 6. The summed E-state index contributed by atoms with van der Waals surface area (Å²) in [4.78, 5) is 9.14. The van der Waals surface area contributed by atoms with Gasteiger partial charge in [0.2, 0.25) is 0 Å². The van der Waals surface area contributed by atoms with Crippen molar-refractivity contribution in [2.24, 2.45) is 0 Å². The number of aromatic nitrogens is 2. The molecule has 0 radical (unpaired) electrons. The van der Waals surface area contributed by atoms with Crippen molar-refractivity contribution in [3.05, 3.63) is 470 Å². The second-order valence-corrected chi connectivity index (χ2v) is 28.1. The number of benzene rings is 15. The van der Waals surface area contributed by atoms with E-state index >= 15 is 0 Å². The average Bonchev–Trinajstić information content (AvgIpc) is 1.77. The normalized spacial score (nSPS) is 11.4. The molecule has 0 amide bonds. The number of ether oxygens (including phenoxy) is 2. The molecule has 0 atom stereocenters. The fourth-order valence-electron chi connectivity index (χ4n) is 15.1. The fraction of sp³-hybridized carbons (Fsp3) is 0.0185. The van der Waals surface area contributed by atoms with Crippen LogP contribution in [0.1, 0.15) is 45.0 Å². The highest BCUT2D eigenvalue weighted by Crippen LogP contribution is 2.42. The molecule has 17 rings (SSSR count). The van der Waals surface area contributed by atoms with Gasteiger partial charge in [-0.1, -0.05) is 231 Å². The van der Waals surface area contributed by atoms with Crippen molar-refractivity contribution in [2.75, 3.05) is 33.8 Å². The summed E-state index contributed by atoms with van der Waals surface area (Å²) in [5.74, 6) is 1.40. The van der Waals surface area contributed by atoms with Crippen LogP contribution >= 0.6 is 0 Å². The van der Waals surface area contributed by atoms with Gasteiger partial charge in [0, 0.05) is 114 Å². The lowest BCUT2D eigenvalue weighted by Gasteiger charge is -2.25. The Morgan fingerprint density at radius 1 is 0.190 bits per heavy atom. The van der Waals surface area contributed by atoms with E-state index in [9.17, 15) is 0 Å². The SMILES string of the molecule is COc1cc(/C=C/c2ccc(/C=C/c3ccc(N(c4ccccc4)c4ccccc4)cc3)n2-c2ccc(-c3ccc(N(c4ccccc4)c4ccccc4)cc3)cc2)c(OC)cc1/C=C/c1ccc(/C=C/c2ccc(N(c3ccccc3)c3ccccc3)cc2)n1-c1ccc(-c2ccc(N(c3ccccc3)c3ccccc3)cc2)cc1. The van der Waals surface area contributed by atoms with Crippen LogP contribution in [-0.2, 0) is 0 Å². The van der Waals surface area contributed by atoms with Crippen LogP contribution in [0.3, 0.4) is 0 Å². The molecule has 558 valence electrons. The predicted molar refractivity (Wildman–Crippen MR) is 489 cm³/mol. The Hall–Kier alpha value is -15.4. The minimum absolute atomic E-state index is 0.699. The van der Waals surface area contributed by atoms with Gasteiger partial charge in [-0.15, -0.1) is 0 Å². The lowest BCUT2D eigenvalue weighted by Crippen LogP contribution is -2.09. The third kappa shape index (κ3) is 16.5. The third-order valence-electron chi connectivity index (χ3n) is 20.8. The Kier molecular flexibility index (Phi) is 22.1. The molecule has 17 aromatic rings. The zero-order valence-corrected chi connectivity index (χ0v) is 64.5. The maximum absolute atomic E-state index is 6.29. The minimum Gasteiger partial charge on any atom is -0.496 e. The van der Waals surface area contributed by atoms with E-state index in [0.717, 1.165) is 147 Å². The van der Waals surface area contributed by atoms with Crippen molar-refractivity contribution in [3.63, 3.8) is 0 Å². The van der Waals surface area contributed by atoms with Crippen molar-refractivity contribution in [2.45, 2.75) is 0 Å². The maximum atomic E-state index is 6.29. The van der Waals surface area contributed by atoms with Crippen molar-refractivity contribution < 1.29 is 9.47 Å². The van der Waals surface area contributed by atoms with Gasteiger partial charge in [-0.05, 0) is 276 Å². The van der Waals surface area contributed by atoms with Crippen LogP contribution < -0.4 is 29.1 Å². The lowest BCUT2D eigenvalue weighted by molar-refractivity contribution is 0.401. The highest BCUT2D eigenvalue weighted by molar-refractivity contribution is 5.86. The molecule has 0 aliphatic rings. The van der Waals surface area contributed by atoms with E-state index < -0.39 is 0 Å². The summed E-state index contributed by atoms with van der Waals surface area (Å²) in [6.45, 7) is 0. The summed E-state index contributed by atoms with van der Waals surface area (Å²) in [5, 5.41) is 0. The molecule has 0 fully saturated rings. The second-order valence-electron chi connectivity index (χ2n) is 28.1. The molecular weight excluding hydrogens is 1410 g/mol. The number of para-hydroxylation sites is 8. The molecular formula is C108H84N6O2.